The van der Waals surface area contributed by atoms with E-state index >= 15 is 0 Å². The molecule has 2 aromatic rings. The van der Waals surface area contributed by atoms with Crippen LogP contribution in [0.2, 0.25) is 0 Å². The highest BCUT2D eigenvalue weighted by Gasteiger charge is 2.18. The number of amides is 1. The summed E-state index contributed by atoms with van der Waals surface area (Å²) in [5.41, 5.74) is 5.92. The van der Waals surface area contributed by atoms with Gasteiger partial charge in [0.2, 0.25) is 0 Å². The lowest BCUT2D eigenvalue weighted by Crippen LogP contribution is -2.32. The van der Waals surface area contributed by atoms with Gasteiger partial charge in [-0.3, -0.25) is 4.72 Å². The molecule has 0 aliphatic carbocycles. The number of fused-ring (bicyclic) bond motifs is 1. The molecule has 0 fully saturated rings. The molecule has 33 heavy (non-hydrogen) atoms. The van der Waals surface area contributed by atoms with E-state index in [1.165, 1.54) is 39.5 Å². The van der Waals surface area contributed by atoms with Crippen LogP contribution < -0.4 is 25.5 Å². The summed E-state index contributed by atoms with van der Waals surface area (Å²) in [5, 5.41) is 0.303. The number of nitrogens with one attached hydrogen (secondary N) is 2. The molecule has 178 valence electrons. The van der Waals surface area contributed by atoms with Crippen LogP contribution >= 0.6 is 0 Å². The second kappa shape index (κ2) is 10.3. The Morgan fingerprint density at radius 1 is 1.36 bits per heavy atom. The third-order valence-electron chi connectivity index (χ3n) is 4.49. The molecule has 4 N–H and O–H groups in total. The van der Waals surface area contributed by atoms with Crippen LogP contribution in [0.1, 0.15) is 11.1 Å². The summed E-state index contributed by atoms with van der Waals surface area (Å²) in [6.45, 7) is 5.24. The van der Waals surface area contributed by atoms with E-state index in [1.807, 2.05) is 0 Å². The average molecular weight is 481 g/mol. The lowest BCUT2D eigenvalue weighted by Gasteiger charge is -2.13. The van der Waals surface area contributed by atoms with Crippen molar-refractivity contribution in [2.75, 3.05) is 21.1 Å². The Labute approximate surface area is 190 Å². The summed E-state index contributed by atoms with van der Waals surface area (Å²) < 4.78 is 52.4. The van der Waals surface area contributed by atoms with Crippen molar-refractivity contribution in [2.45, 2.75) is 13.3 Å². The molecule has 1 heterocycles. The second-order valence-electron chi connectivity index (χ2n) is 7.12. The van der Waals surface area contributed by atoms with Gasteiger partial charge in [-0.2, -0.15) is 8.42 Å². The summed E-state index contributed by atoms with van der Waals surface area (Å²) >= 11 is 0. The second-order valence-corrected chi connectivity index (χ2v) is 8.74. The first-order valence-electron chi connectivity index (χ1n) is 9.52. The van der Waals surface area contributed by atoms with E-state index in [4.69, 9.17) is 14.9 Å². The van der Waals surface area contributed by atoms with Crippen molar-refractivity contribution in [1.82, 2.24) is 14.3 Å². The Balaban J connectivity index is 2.49. The number of nitrogens with two attached hydrogens (primary N) is 1. The fraction of sp³-hybridized carbons (Fsp3) is 0.238. The van der Waals surface area contributed by atoms with Crippen molar-refractivity contribution in [3.8, 4) is 5.75 Å². The van der Waals surface area contributed by atoms with E-state index in [9.17, 15) is 22.4 Å². The molecule has 0 saturated heterocycles. The number of ether oxygens (including phenoxy) is 1. The minimum Gasteiger partial charge on any atom is -0.422 e. The molecule has 1 amide bonds. The molecule has 10 nitrogen and oxygen atoms in total. The van der Waals surface area contributed by atoms with Gasteiger partial charge in [0.1, 0.15) is 5.58 Å². The predicted octanol–water partition coefficient (Wildman–Crippen LogP) is 1.81. The Morgan fingerprint density at radius 2 is 2.03 bits per heavy atom. The number of allylic oxidation sites excluding steroid dienone is 3. The van der Waals surface area contributed by atoms with E-state index < -0.39 is 27.7 Å². The zero-order valence-corrected chi connectivity index (χ0v) is 19.4. The number of carbonyl (C=O) groups is 1. The number of halogens is 1. The molecule has 0 atom stereocenters. The zero-order valence-electron chi connectivity index (χ0n) is 18.6. The van der Waals surface area contributed by atoms with Crippen LogP contribution in [0.15, 0.2) is 57.5 Å². The molecule has 0 saturated carbocycles. The van der Waals surface area contributed by atoms with Crippen LogP contribution in [0.3, 0.4) is 0 Å². The van der Waals surface area contributed by atoms with Crippen molar-refractivity contribution in [1.29, 1.82) is 0 Å². The average Bonchev–Trinajstić information content (AvgIpc) is 2.72. The lowest BCUT2D eigenvalue weighted by atomic mass is 9.99. The summed E-state index contributed by atoms with van der Waals surface area (Å²) in [6, 6.07) is 2.24. The first kappa shape index (κ1) is 25.6. The van der Waals surface area contributed by atoms with Crippen molar-refractivity contribution in [3.63, 3.8) is 0 Å². The van der Waals surface area contributed by atoms with Crippen LogP contribution in [0.25, 0.3) is 11.0 Å². The molecule has 1 aromatic carbocycles. The molecule has 1 aromatic heterocycles. The number of carbonyl (C=O) groups excluding carboxylic acids is 1. The first-order valence-corrected chi connectivity index (χ1v) is 11.0. The summed E-state index contributed by atoms with van der Waals surface area (Å²) in [4.78, 5) is 25.5. The van der Waals surface area contributed by atoms with E-state index in [1.54, 1.807) is 6.92 Å². The van der Waals surface area contributed by atoms with Crippen LogP contribution in [-0.4, -0.2) is 40.6 Å². The largest absolute Gasteiger partial charge is 0.422 e. The summed E-state index contributed by atoms with van der Waals surface area (Å²) in [6.07, 6.45) is 3.28. The normalized spacial score (nSPS) is 12.2. The molecular formula is C21H25FN4O6S. The number of hydrogen-bond donors (Lipinski definition) is 3. The van der Waals surface area contributed by atoms with Gasteiger partial charge in [0.05, 0.1) is 0 Å². The maximum Gasteiger partial charge on any atom is 0.414 e. The molecule has 0 radical (unpaired) electrons. The Kier molecular flexibility index (Phi) is 8.01. The van der Waals surface area contributed by atoms with Crippen LogP contribution in [0, 0.1) is 12.7 Å². The topological polar surface area (TPSA) is 144 Å². The monoisotopic (exact) mass is 480 g/mol. The Hall–Kier alpha value is -3.64. The lowest BCUT2D eigenvalue weighted by molar-refractivity contribution is 0.170. The Morgan fingerprint density at radius 3 is 2.61 bits per heavy atom. The minimum atomic E-state index is -3.78. The number of hydrogen-bond acceptors (Lipinski definition) is 7. The van der Waals surface area contributed by atoms with Crippen molar-refractivity contribution < 1.29 is 26.8 Å². The molecule has 0 aliphatic heterocycles. The van der Waals surface area contributed by atoms with Gasteiger partial charge in [-0.05, 0) is 42.5 Å². The van der Waals surface area contributed by atoms with Gasteiger partial charge in [0.25, 0.3) is 10.2 Å². The van der Waals surface area contributed by atoms with Gasteiger partial charge in [-0.25, -0.2) is 18.7 Å². The smallest absolute Gasteiger partial charge is 0.414 e. The van der Waals surface area contributed by atoms with Crippen molar-refractivity contribution in [2.24, 2.45) is 5.73 Å². The Bertz CT molecular complexity index is 1310. The summed E-state index contributed by atoms with van der Waals surface area (Å²) in [7, 11) is 0.334. The maximum atomic E-state index is 14.6. The standard InChI is InChI=1S/C21H25FN4O6S/c1-12(25-33(29,30)24-3)8-14(6-7-23)9-16-13(2)15-10-17(22)19(32-21(28)26(4)5)11-18(15)31-20(16)27/h6-8,10-11,24-25H,1,9,23H2,2-5H3/b7-6-,14-8+. The van der Waals surface area contributed by atoms with Crippen LogP contribution in [-0.2, 0) is 16.6 Å². The predicted molar refractivity (Wildman–Crippen MR) is 122 cm³/mol. The molecule has 0 spiro atoms. The van der Waals surface area contributed by atoms with Gasteiger partial charge >= 0.3 is 11.7 Å². The SMILES string of the molecule is C=C(/C=C(\C=C/N)Cc1c(C)c2cc(F)c(OC(=O)N(C)C)cc2oc1=O)NS(=O)(=O)NC. The number of aryl methyl sites for hydroxylation is 1. The van der Waals surface area contributed by atoms with Crippen LogP contribution in [0.4, 0.5) is 9.18 Å². The van der Waals surface area contributed by atoms with Crippen molar-refractivity contribution >= 4 is 27.3 Å². The quantitative estimate of drug-likeness (QED) is 0.386. The van der Waals surface area contributed by atoms with Crippen LogP contribution in [0.5, 0.6) is 5.75 Å². The van der Waals surface area contributed by atoms with Crippen molar-refractivity contribution in [3.05, 3.63) is 75.7 Å². The highest BCUT2D eigenvalue weighted by Crippen LogP contribution is 2.28. The van der Waals surface area contributed by atoms with Gasteiger partial charge in [0.15, 0.2) is 11.6 Å². The fourth-order valence-electron chi connectivity index (χ4n) is 2.82. The van der Waals surface area contributed by atoms with Gasteiger partial charge in [0, 0.05) is 50.3 Å². The first-order chi connectivity index (χ1) is 15.4. The molecule has 0 aliphatic rings. The maximum absolute atomic E-state index is 14.6. The third kappa shape index (κ3) is 6.43. The van der Waals surface area contributed by atoms with Gasteiger partial charge < -0.3 is 19.8 Å². The molecule has 2 rings (SSSR count). The number of rotatable bonds is 8. The zero-order chi connectivity index (χ0) is 24.9. The molecule has 0 bridgehead atoms. The van der Waals surface area contributed by atoms with E-state index in [-0.39, 0.29) is 29.0 Å². The number of benzene rings is 1. The van der Waals surface area contributed by atoms with Gasteiger partial charge in [-0.1, -0.05) is 6.58 Å². The third-order valence-corrected chi connectivity index (χ3v) is 5.56. The molecule has 12 heteroatoms. The molecular weight excluding hydrogens is 455 g/mol. The number of nitrogens with zero attached hydrogens (tertiary/aromatic N) is 1. The summed E-state index contributed by atoms with van der Waals surface area (Å²) in [5.74, 6) is -1.19. The van der Waals surface area contributed by atoms with E-state index in [0.717, 1.165) is 17.0 Å². The van der Waals surface area contributed by atoms with Gasteiger partial charge in [-0.15, -0.1) is 0 Å². The van der Waals surface area contributed by atoms with E-state index in [0.29, 0.717) is 16.5 Å². The highest BCUT2D eigenvalue weighted by atomic mass is 32.2. The highest BCUT2D eigenvalue weighted by molar-refractivity contribution is 7.87. The van der Waals surface area contributed by atoms with E-state index in [2.05, 4.69) is 16.0 Å². The minimum absolute atomic E-state index is 0.00288. The fourth-order valence-corrected chi connectivity index (χ4v) is 3.33. The molecule has 0 unspecified atom stereocenters.